The van der Waals surface area contributed by atoms with Gasteiger partial charge in [0.25, 0.3) is 0 Å². The molecule has 0 saturated heterocycles. The zero-order valence-corrected chi connectivity index (χ0v) is 16.1. The Morgan fingerprint density at radius 2 is 1.89 bits per heavy atom. The van der Waals surface area contributed by atoms with Crippen LogP contribution >= 0.6 is 0 Å². The first-order valence-corrected chi connectivity index (χ1v) is 9.44. The second kappa shape index (κ2) is 7.41. The summed E-state index contributed by atoms with van der Waals surface area (Å²) in [6, 6.07) is 19.2. The average molecular weight is 359 g/mol. The Hall–Kier alpha value is -2.85. The average Bonchev–Trinajstić information content (AvgIpc) is 3.05. The minimum absolute atomic E-state index is 0.217. The molecule has 1 N–H and O–H groups in total. The van der Waals surface area contributed by atoms with Crippen molar-refractivity contribution in [1.82, 2.24) is 14.9 Å². The molecular weight excluding hydrogens is 334 g/mol. The first-order valence-electron chi connectivity index (χ1n) is 9.44. The molecule has 4 rings (SSSR count). The van der Waals surface area contributed by atoms with E-state index in [0.717, 1.165) is 24.5 Å². The highest BCUT2D eigenvalue weighted by molar-refractivity contribution is 6.07. The van der Waals surface area contributed by atoms with Gasteiger partial charge in [-0.3, -0.25) is 4.98 Å². The van der Waals surface area contributed by atoms with Crippen LogP contribution in [0.2, 0.25) is 0 Å². The Labute approximate surface area is 159 Å². The van der Waals surface area contributed by atoms with Crippen LogP contribution in [-0.2, 0) is 13.1 Å². The van der Waals surface area contributed by atoms with Gasteiger partial charge in [0.15, 0.2) is 0 Å². The summed E-state index contributed by atoms with van der Waals surface area (Å²) in [6.45, 7) is 6.00. The third kappa shape index (κ3) is 3.28. The summed E-state index contributed by atoms with van der Waals surface area (Å²) < 4.78 is 7.65. The molecule has 138 valence electrons. The van der Waals surface area contributed by atoms with Gasteiger partial charge in [-0.25, -0.2) is 0 Å². The van der Waals surface area contributed by atoms with Gasteiger partial charge in [0.1, 0.15) is 5.75 Å². The standard InChI is InChI=1S/C23H25N3O/c1-4-26-22-11-6-5-10-20(22)21-13-18(25-15-23(21)26)14-24-16(2)17-8-7-9-19(12-17)27-3/h5-13,15-16,24H,4,14H2,1-3H3. The van der Waals surface area contributed by atoms with Gasteiger partial charge in [0.2, 0.25) is 0 Å². The lowest BCUT2D eigenvalue weighted by Gasteiger charge is -2.15. The molecule has 1 atom stereocenters. The van der Waals surface area contributed by atoms with E-state index in [-0.39, 0.29) is 6.04 Å². The molecule has 2 aromatic heterocycles. The van der Waals surface area contributed by atoms with Crippen molar-refractivity contribution in [2.45, 2.75) is 33.0 Å². The highest BCUT2D eigenvalue weighted by atomic mass is 16.5. The van der Waals surface area contributed by atoms with E-state index in [1.54, 1.807) is 7.11 Å². The van der Waals surface area contributed by atoms with Crippen molar-refractivity contribution in [3.05, 3.63) is 72.1 Å². The quantitative estimate of drug-likeness (QED) is 0.522. The van der Waals surface area contributed by atoms with E-state index in [1.807, 2.05) is 18.3 Å². The van der Waals surface area contributed by atoms with Crippen molar-refractivity contribution >= 4 is 21.8 Å². The molecule has 0 aliphatic rings. The molecule has 0 spiro atoms. The fraction of sp³-hybridized carbons (Fsp3) is 0.261. The van der Waals surface area contributed by atoms with E-state index in [2.05, 4.69) is 66.2 Å². The van der Waals surface area contributed by atoms with E-state index in [1.165, 1.54) is 27.4 Å². The minimum Gasteiger partial charge on any atom is -0.497 e. The molecular formula is C23H25N3O. The maximum atomic E-state index is 5.33. The predicted molar refractivity (Wildman–Crippen MR) is 111 cm³/mol. The molecule has 1 unspecified atom stereocenters. The number of hydrogen-bond acceptors (Lipinski definition) is 3. The first kappa shape index (κ1) is 17.6. The van der Waals surface area contributed by atoms with Crippen LogP contribution in [0.3, 0.4) is 0 Å². The van der Waals surface area contributed by atoms with E-state index < -0.39 is 0 Å². The van der Waals surface area contributed by atoms with Gasteiger partial charge >= 0.3 is 0 Å². The highest BCUT2D eigenvalue weighted by Gasteiger charge is 2.11. The summed E-state index contributed by atoms with van der Waals surface area (Å²) >= 11 is 0. The van der Waals surface area contributed by atoms with Crippen molar-refractivity contribution in [2.75, 3.05) is 7.11 Å². The zero-order chi connectivity index (χ0) is 18.8. The lowest BCUT2D eigenvalue weighted by Crippen LogP contribution is -2.18. The van der Waals surface area contributed by atoms with Crippen LogP contribution in [-0.4, -0.2) is 16.7 Å². The van der Waals surface area contributed by atoms with Crippen LogP contribution in [0, 0.1) is 0 Å². The predicted octanol–water partition coefficient (Wildman–Crippen LogP) is 5.07. The van der Waals surface area contributed by atoms with Gasteiger partial charge in [-0.05, 0) is 43.7 Å². The number of nitrogens with one attached hydrogen (secondary N) is 1. The molecule has 27 heavy (non-hydrogen) atoms. The number of aromatic nitrogens is 2. The van der Waals surface area contributed by atoms with Gasteiger partial charge in [-0.15, -0.1) is 0 Å². The number of pyridine rings is 1. The number of nitrogens with zero attached hydrogens (tertiary/aromatic N) is 2. The van der Waals surface area contributed by atoms with Crippen LogP contribution in [0.25, 0.3) is 21.8 Å². The maximum absolute atomic E-state index is 5.33. The third-order valence-electron chi connectivity index (χ3n) is 5.21. The maximum Gasteiger partial charge on any atom is 0.119 e. The molecule has 0 aliphatic heterocycles. The van der Waals surface area contributed by atoms with E-state index >= 15 is 0 Å². The molecule has 2 heterocycles. The Kier molecular flexibility index (Phi) is 4.82. The zero-order valence-electron chi connectivity index (χ0n) is 16.1. The SMILES string of the molecule is CCn1c2ccccc2c2cc(CNC(C)c3cccc(OC)c3)ncc21. The second-order valence-corrected chi connectivity index (χ2v) is 6.83. The number of benzene rings is 2. The van der Waals surface area contributed by atoms with Gasteiger partial charge in [-0.1, -0.05) is 30.3 Å². The molecule has 0 saturated carbocycles. The lowest BCUT2D eigenvalue weighted by molar-refractivity contribution is 0.413. The van der Waals surface area contributed by atoms with E-state index in [4.69, 9.17) is 9.72 Å². The number of aryl methyl sites for hydroxylation is 1. The first-order chi connectivity index (χ1) is 13.2. The van der Waals surface area contributed by atoms with Crippen LogP contribution in [0.15, 0.2) is 60.8 Å². The summed E-state index contributed by atoms with van der Waals surface area (Å²) in [5.74, 6) is 0.882. The molecule has 0 aliphatic carbocycles. The lowest BCUT2D eigenvalue weighted by atomic mass is 10.1. The minimum atomic E-state index is 0.217. The molecule has 0 fully saturated rings. The van der Waals surface area contributed by atoms with Crippen molar-refractivity contribution in [3.8, 4) is 5.75 Å². The summed E-state index contributed by atoms with van der Waals surface area (Å²) in [5.41, 5.74) is 4.73. The Balaban J connectivity index is 1.60. The summed E-state index contributed by atoms with van der Waals surface area (Å²) in [5, 5.41) is 6.14. The monoisotopic (exact) mass is 359 g/mol. The van der Waals surface area contributed by atoms with Crippen LogP contribution in [0.1, 0.15) is 31.1 Å². The van der Waals surface area contributed by atoms with Crippen LogP contribution in [0.4, 0.5) is 0 Å². The number of ether oxygens (including phenoxy) is 1. The van der Waals surface area contributed by atoms with Crippen molar-refractivity contribution in [1.29, 1.82) is 0 Å². The van der Waals surface area contributed by atoms with E-state index in [9.17, 15) is 0 Å². The summed E-state index contributed by atoms with van der Waals surface area (Å²) in [7, 11) is 1.70. The molecule has 4 aromatic rings. The van der Waals surface area contributed by atoms with Gasteiger partial charge in [0, 0.05) is 35.4 Å². The van der Waals surface area contributed by atoms with Gasteiger partial charge in [0.05, 0.1) is 24.5 Å². The molecule has 0 bridgehead atoms. The van der Waals surface area contributed by atoms with Crippen LogP contribution < -0.4 is 10.1 Å². The molecule has 0 amide bonds. The number of methoxy groups -OCH3 is 1. The van der Waals surface area contributed by atoms with Crippen molar-refractivity contribution in [2.24, 2.45) is 0 Å². The number of fused-ring (bicyclic) bond motifs is 3. The summed E-state index contributed by atoms with van der Waals surface area (Å²) in [6.07, 6.45) is 2.01. The number of hydrogen-bond donors (Lipinski definition) is 1. The largest absolute Gasteiger partial charge is 0.497 e. The molecule has 2 aromatic carbocycles. The Morgan fingerprint density at radius 3 is 2.70 bits per heavy atom. The van der Waals surface area contributed by atoms with Gasteiger partial charge in [-0.2, -0.15) is 0 Å². The number of para-hydroxylation sites is 1. The fourth-order valence-corrected chi connectivity index (χ4v) is 3.71. The smallest absolute Gasteiger partial charge is 0.119 e. The van der Waals surface area contributed by atoms with E-state index in [0.29, 0.717) is 0 Å². The van der Waals surface area contributed by atoms with Crippen LogP contribution in [0.5, 0.6) is 5.75 Å². The molecule has 4 heteroatoms. The Bertz CT molecular complexity index is 1080. The molecule has 0 radical (unpaired) electrons. The topological polar surface area (TPSA) is 39.1 Å². The highest BCUT2D eigenvalue weighted by Crippen LogP contribution is 2.29. The second-order valence-electron chi connectivity index (χ2n) is 6.83. The fourth-order valence-electron chi connectivity index (χ4n) is 3.71. The third-order valence-corrected chi connectivity index (χ3v) is 5.21. The van der Waals surface area contributed by atoms with Crippen molar-refractivity contribution < 1.29 is 4.74 Å². The Morgan fingerprint density at radius 1 is 1.04 bits per heavy atom. The number of rotatable bonds is 6. The van der Waals surface area contributed by atoms with Crippen molar-refractivity contribution in [3.63, 3.8) is 0 Å². The normalized spacial score (nSPS) is 12.6. The van der Waals surface area contributed by atoms with Gasteiger partial charge < -0.3 is 14.6 Å². The molecule has 4 nitrogen and oxygen atoms in total. The summed E-state index contributed by atoms with van der Waals surface area (Å²) in [4.78, 5) is 4.70.